The topological polar surface area (TPSA) is 64.1 Å². The predicted molar refractivity (Wildman–Crippen MR) is 85.5 cm³/mol. The van der Waals surface area contributed by atoms with Gasteiger partial charge < -0.3 is 15.5 Å². The van der Waals surface area contributed by atoms with Crippen LogP contribution in [0.3, 0.4) is 0 Å². The second-order valence-corrected chi connectivity index (χ2v) is 4.84. The van der Waals surface area contributed by atoms with Gasteiger partial charge in [0.2, 0.25) is 0 Å². The average Bonchev–Trinajstić information content (AvgIpc) is 2.97. The molecule has 4 heteroatoms. The zero-order chi connectivity index (χ0) is 14.7. The van der Waals surface area contributed by atoms with Crippen molar-refractivity contribution < 1.29 is 4.42 Å². The molecule has 0 aliphatic carbocycles. The number of nitrogens with two attached hydrogens (primary N) is 1. The molecule has 0 saturated heterocycles. The molecule has 3 N–H and O–H groups in total. The number of anilines is 3. The fourth-order valence-electron chi connectivity index (χ4n) is 2.06. The lowest BCUT2D eigenvalue weighted by Gasteiger charge is -2.02. The first-order valence-electron chi connectivity index (χ1n) is 6.92. The Bertz CT molecular complexity index is 715. The highest BCUT2D eigenvalue weighted by Gasteiger charge is 2.06. The van der Waals surface area contributed by atoms with E-state index in [0.29, 0.717) is 6.01 Å². The minimum Gasteiger partial charge on any atom is -0.431 e. The van der Waals surface area contributed by atoms with Gasteiger partial charge in [-0.3, -0.25) is 0 Å². The summed E-state index contributed by atoms with van der Waals surface area (Å²) >= 11 is 0. The van der Waals surface area contributed by atoms with Crippen molar-refractivity contribution in [2.24, 2.45) is 0 Å². The van der Waals surface area contributed by atoms with Crippen LogP contribution in [0.1, 0.15) is 12.5 Å². The smallest absolute Gasteiger partial charge is 0.299 e. The van der Waals surface area contributed by atoms with Crippen molar-refractivity contribution in [3.8, 4) is 11.3 Å². The molecule has 1 aromatic heterocycles. The number of benzene rings is 2. The number of nitrogens with zero attached hydrogens (tertiary/aromatic N) is 1. The lowest BCUT2D eigenvalue weighted by atomic mass is 10.1. The van der Waals surface area contributed by atoms with Crippen LogP contribution in [-0.2, 0) is 6.42 Å². The van der Waals surface area contributed by atoms with Gasteiger partial charge in [-0.2, -0.15) is 4.98 Å². The third-order valence-electron chi connectivity index (χ3n) is 3.32. The number of oxazole rings is 1. The SMILES string of the molecule is CCc1ccc(Nc2nc(-c3ccc(N)cc3)co2)cc1. The van der Waals surface area contributed by atoms with Crippen molar-refractivity contribution in [1.82, 2.24) is 4.98 Å². The first kappa shape index (κ1) is 13.2. The van der Waals surface area contributed by atoms with E-state index in [4.69, 9.17) is 10.2 Å². The number of aromatic nitrogens is 1. The molecule has 0 bridgehead atoms. The van der Waals surface area contributed by atoms with Gasteiger partial charge in [-0.05, 0) is 36.2 Å². The summed E-state index contributed by atoms with van der Waals surface area (Å²) in [7, 11) is 0. The average molecular weight is 279 g/mol. The fraction of sp³-hybridized carbons (Fsp3) is 0.118. The van der Waals surface area contributed by atoms with Gasteiger partial charge in [0.05, 0.1) is 0 Å². The number of rotatable bonds is 4. The molecule has 0 radical (unpaired) electrons. The van der Waals surface area contributed by atoms with Crippen LogP contribution < -0.4 is 11.1 Å². The molecule has 0 fully saturated rings. The first-order valence-corrected chi connectivity index (χ1v) is 6.92. The van der Waals surface area contributed by atoms with E-state index < -0.39 is 0 Å². The first-order chi connectivity index (χ1) is 10.2. The van der Waals surface area contributed by atoms with E-state index in [-0.39, 0.29) is 0 Å². The predicted octanol–water partition coefficient (Wildman–Crippen LogP) is 4.23. The van der Waals surface area contributed by atoms with Crippen molar-refractivity contribution in [3.05, 3.63) is 60.4 Å². The Labute approximate surface area is 123 Å². The Morgan fingerprint density at radius 1 is 1.05 bits per heavy atom. The van der Waals surface area contributed by atoms with E-state index in [2.05, 4.69) is 29.4 Å². The molecule has 0 unspecified atom stereocenters. The zero-order valence-electron chi connectivity index (χ0n) is 11.8. The van der Waals surface area contributed by atoms with E-state index in [1.165, 1.54) is 5.56 Å². The standard InChI is InChI=1S/C17H17N3O/c1-2-12-3-9-15(10-4-12)19-17-20-16(11-21-17)13-5-7-14(18)8-6-13/h3-11H,2,18H2,1H3,(H,19,20). The maximum absolute atomic E-state index is 5.68. The summed E-state index contributed by atoms with van der Waals surface area (Å²) in [6.07, 6.45) is 2.66. The summed E-state index contributed by atoms with van der Waals surface area (Å²) < 4.78 is 5.46. The second-order valence-electron chi connectivity index (χ2n) is 4.84. The van der Waals surface area contributed by atoms with Gasteiger partial charge in [-0.1, -0.05) is 31.2 Å². The van der Waals surface area contributed by atoms with E-state index in [1.54, 1.807) is 6.26 Å². The van der Waals surface area contributed by atoms with Gasteiger partial charge in [-0.25, -0.2) is 0 Å². The Hall–Kier alpha value is -2.75. The van der Waals surface area contributed by atoms with Crippen LogP contribution in [-0.4, -0.2) is 4.98 Å². The van der Waals surface area contributed by atoms with E-state index >= 15 is 0 Å². The summed E-state index contributed by atoms with van der Waals surface area (Å²) in [6.45, 7) is 2.13. The fourth-order valence-corrected chi connectivity index (χ4v) is 2.06. The van der Waals surface area contributed by atoms with Crippen molar-refractivity contribution in [1.29, 1.82) is 0 Å². The van der Waals surface area contributed by atoms with E-state index in [1.807, 2.05) is 36.4 Å². The normalized spacial score (nSPS) is 10.5. The monoisotopic (exact) mass is 279 g/mol. The third-order valence-corrected chi connectivity index (χ3v) is 3.32. The maximum Gasteiger partial charge on any atom is 0.299 e. The second kappa shape index (κ2) is 5.71. The van der Waals surface area contributed by atoms with Crippen LogP contribution in [0, 0.1) is 0 Å². The molecular formula is C17H17N3O. The minimum absolute atomic E-state index is 0.478. The maximum atomic E-state index is 5.68. The molecule has 0 spiro atoms. The van der Waals surface area contributed by atoms with Crippen molar-refractivity contribution in [2.45, 2.75) is 13.3 Å². The minimum atomic E-state index is 0.478. The quantitative estimate of drug-likeness (QED) is 0.701. The van der Waals surface area contributed by atoms with Crippen molar-refractivity contribution in [2.75, 3.05) is 11.1 Å². The molecule has 1 heterocycles. The summed E-state index contributed by atoms with van der Waals surface area (Å²) in [5, 5.41) is 3.15. The lowest BCUT2D eigenvalue weighted by molar-refractivity contribution is 0.578. The molecule has 106 valence electrons. The van der Waals surface area contributed by atoms with Crippen LogP contribution >= 0.6 is 0 Å². The van der Waals surface area contributed by atoms with Crippen molar-refractivity contribution >= 4 is 17.4 Å². The Morgan fingerprint density at radius 3 is 2.43 bits per heavy atom. The van der Waals surface area contributed by atoms with Crippen molar-refractivity contribution in [3.63, 3.8) is 0 Å². The van der Waals surface area contributed by atoms with Crippen LogP contribution in [0.2, 0.25) is 0 Å². The number of aryl methyl sites for hydroxylation is 1. The summed E-state index contributed by atoms with van der Waals surface area (Å²) in [4.78, 5) is 4.43. The Balaban J connectivity index is 1.76. The molecule has 3 rings (SSSR count). The molecule has 21 heavy (non-hydrogen) atoms. The molecule has 2 aromatic carbocycles. The molecule has 3 aromatic rings. The highest BCUT2D eigenvalue weighted by atomic mass is 16.4. The largest absolute Gasteiger partial charge is 0.431 e. The highest BCUT2D eigenvalue weighted by Crippen LogP contribution is 2.23. The van der Waals surface area contributed by atoms with Gasteiger partial charge in [0.1, 0.15) is 12.0 Å². The van der Waals surface area contributed by atoms with Crippen LogP contribution in [0.25, 0.3) is 11.3 Å². The van der Waals surface area contributed by atoms with E-state index in [0.717, 1.165) is 29.1 Å². The van der Waals surface area contributed by atoms with Gasteiger partial charge in [0.15, 0.2) is 0 Å². The molecule has 0 saturated carbocycles. The van der Waals surface area contributed by atoms with Gasteiger partial charge in [0.25, 0.3) is 6.01 Å². The molecule has 0 amide bonds. The van der Waals surface area contributed by atoms with E-state index in [9.17, 15) is 0 Å². The number of nitrogen functional groups attached to an aromatic ring is 1. The Kier molecular flexibility index (Phi) is 3.60. The summed E-state index contributed by atoms with van der Waals surface area (Å²) in [5.41, 5.74) is 10.4. The summed E-state index contributed by atoms with van der Waals surface area (Å²) in [5.74, 6) is 0. The molecule has 0 aliphatic heterocycles. The molecule has 0 aliphatic rings. The summed E-state index contributed by atoms with van der Waals surface area (Å²) in [6, 6.07) is 16.2. The lowest BCUT2D eigenvalue weighted by Crippen LogP contribution is -1.91. The van der Waals surface area contributed by atoms with Gasteiger partial charge >= 0.3 is 0 Å². The van der Waals surface area contributed by atoms with Gasteiger partial charge in [-0.15, -0.1) is 0 Å². The zero-order valence-corrected chi connectivity index (χ0v) is 11.8. The van der Waals surface area contributed by atoms with Crippen LogP contribution in [0.4, 0.5) is 17.4 Å². The molecule has 0 atom stereocenters. The number of hydrogen-bond donors (Lipinski definition) is 2. The van der Waals surface area contributed by atoms with Crippen LogP contribution in [0.5, 0.6) is 0 Å². The number of hydrogen-bond acceptors (Lipinski definition) is 4. The third kappa shape index (κ3) is 3.05. The van der Waals surface area contributed by atoms with Gasteiger partial charge in [0, 0.05) is 16.9 Å². The van der Waals surface area contributed by atoms with Crippen LogP contribution in [0.15, 0.2) is 59.2 Å². The molecular weight excluding hydrogens is 262 g/mol. The highest BCUT2D eigenvalue weighted by molar-refractivity contribution is 5.63. The Morgan fingerprint density at radius 2 is 1.76 bits per heavy atom. The molecule has 4 nitrogen and oxygen atoms in total. The number of nitrogens with one attached hydrogen (secondary N) is 1.